The van der Waals surface area contributed by atoms with Crippen LogP contribution in [0.5, 0.6) is 0 Å². The molecular formula is C7H7ClINS. The summed E-state index contributed by atoms with van der Waals surface area (Å²) in [5.41, 5.74) is 0. The van der Waals surface area contributed by atoms with Crippen LogP contribution in [-0.2, 0) is 0 Å². The van der Waals surface area contributed by atoms with E-state index in [-0.39, 0.29) is 5.38 Å². The van der Waals surface area contributed by atoms with Gasteiger partial charge in [0.25, 0.3) is 0 Å². The average Bonchev–Trinajstić information content (AvgIpc) is 2.31. The molecule has 0 fully saturated rings. The molecular weight excluding hydrogens is 293 g/mol. The Morgan fingerprint density at radius 1 is 1.82 bits per heavy atom. The van der Waals surface area contributed by atoms with E-state index in [0.717, 1.165) is 5.01 Å². The highest BCUT2D eigenvalue weighted by Crippen LogP contribution is 2.16. The summed E-state index contributed by atoms with van der Waals surface area (Å²) in [6.07, 6.45) is 5.73. The van der Waals surface area contributed by atoms with E-state index < -0.39 is 0 Å². The van der Waals surface area contributed by atoms with Gasteiger partial charge in [0.05, 0.1) is 9.08 Å². The number of rotatable bonds is 2. The Labute approximate surface area is 88.6 Å². The van der Waals surface area contributed by atoms with Gasteiger partial charge in [-0.3, -0.25) is 0 Å². The summed E-state index contributed by atoms with van der Waals surface area (Å²) < 4.78 is 1.20. The molecule has 1 unspecified atom stereocenters. The molecule has 1 atom stereocenters. The molecule has 0 amide bonds. The Kier molecular flexibility index (Phi) is 3.81. The lowest BCUT2D eigenvalue weighted by Crippen LogP contribution is -1.79. The van der Waals surface area contributed by atoms with Crippen molar-refractivity contribution < 1.29 is 0 Å². The minimum absolute atomic E-state index is 0.0801. The zero-order valence-electron chi connectivity index (χ0n) is 5.92. The van der Waals surface area contributed by atoms with Crippen molar-refractivity contribution in [2.45, 2.75) is 12.3 Å². The Hall–Kier alpha value is 0.390. The SMILES string of the molecule is CC(Cl)/C=C/c1ncc(I)s1. The predicted octanol–water partition coefficient (Wildman–Crippen LogP) is 3.39. The Balaban J connectivity index is 2.64. The third-order valence-electron chi connectivity index (χ3n) is 0.999. The van der Waals surface area contributed by atoms with Crippen LogP contribution in [0.4, 0.5) is 0 Å². The fourth-order valence-electron chi connectivity index (χ4n) is 0.559. The highest BCUT2D eigenvalue weighted by Gasteiger charge is 1.94. The maximum atomic E-state index is 5.72. The minimum atomic E-state index is 0.0801. The number of aromatic nitrogens is 1. The van der Waals surface area contributed by atoms with Crippen LogP contribution < -0.4 is 0 Å². The van der Waals surface area contributed by atoms with Gasteiger partial charge in [-0.25, -0.2) is 4.98 Å². The second-order valence-electron chi connectivity index (χ2n) is 2.04. The van der Waals surface area contributed by atoms with Crippen molar-refractivity contribution in [3.63, 3.8) is 0 Å². The Morgan fingerprint density at radius 2 is 2.55 bits per heavy atom. The first-order chi connectivity index (χ1) is 5.18. The van der Waals surface area contributed by atoms with Crippen LogP contribution in [0.15, 0.2) is 12.3 Å². The van der Waals surface area contributed by atoms with Crippen molar-refractivity contribution >= 4 is 51.6 Å². The molecule has 1 aromatic rings. The molecule has 0 saturated carbocycles. The van der Waals surface area contributed by atoms with Crippen LogP contribution in [0.3, 0.4) is 0 Å². The first-order valence-electron chi connectivity index (χ1n) is 3.12. The standard InChI is InChI=1S/C7H7ClINS/c1-5(8)2-3-7-10-4-6(9)11-7/h2-5H,1H3/b3-2+. The summed E-state index contributed by atoms with van der Waals surface area (Å²) in [6, 6.07) is 0. The smallest absolute Gasteiger partial charge is 0.116 e. The third-order valence-corrected chi connectivity index (χ3v) is 2.84. The highest BCUT2D eigenvalue weighted by atomic mass is 127. The third kappa shape index (κ3) is 3.53. The molecule has 1 rings (SSSR count). The van der Waals surface area contributed by atoms with Crippen molar-refractivity contribution in [1.82, 2.24) is 4.98 Å². The summed E-state index contributed by atoms with van der Waals surface area (Å²) in [4.78, 5) is 4.15. The number of thiazole rings is 1. The average molecular weight is 300 g/mol. The van der Waals surface area contributed by atoms with Crippen molar-refractivity contribution in [3.8, 4) is 0 Å². The van der Waals surface area contributed by atoms with E-state index in [9.17, 15) is 0 Å². The number of hydrogen-bond donors (Lipinski definition) is 0. The molecule has 0 aliphatic rings. The van der Waals surface area contributed by atoms with E-state index >= 15 is 0 Å². The quantitative estimate of drug-likeness (QED) is 0.602. The zero-order chi connectivity index (χ0) is 8.27. The van der Waals surface area contributed by atoms with Gasteiger partial charge in [-0.05, 0) is 35.6 Å². The lowest BCUT2D eigenvalue weighted by molar-refractivity contribution is 1.24. The first-order valence-corrected chi connectivity index (χ1v) is 5.45. The van der Waals surface area contributed by atoms with Crippen molar-refractivity contribution in [3.05, 3.63) is 20.2 Å². The molecule has 1 heterocycles. The van der Waals surface area contributed by atoms with Gasteiger partial charge in [-0.1, -0.05) is 6.08 Å². The second-order valence-corrected chi connectivity index (χ2v) is 5.68. The topological polar surface area (TPSA) is 12.9 Å². The molecule has 0 aliphatic heterocycles. The monoisotopic (exact) mass is 299 g/mol. The van der Waals surface area contributed by atoms with Gasteiger partial charge < -0.3 is 0 Å². The van der Waals surface area contributed by atoms with Crippen LogP contribution in [-0.4, -0.2) is 10.4 Å². The van der Waals surface area contributed by atoms with Gasteiger partial charge in [-0.15, -0.1) is 22.9 Å². The summed E-state index contributed by atoms with van der Waals surface area (Å²) >= 11 is 9.63. The van der Waals surface area contributed by atoms with Gasteiger partial charge in [0.15, 0.2) is 0 Å². The number of hydrogen-bond acceptors (Lipinski definition) is 2. The van der Waals surface area contributed by atoms with Crippen LogP contribution in [0.25, 0.3) is 6.08 Å². The van der Waals surface area contributed by atoms with Crippen LogP contribution >= 0.6 is 45.5 Å². The minimum Gasteiger partial charge on any atom is -0.244 e. The maximum absolute atomic E-state index is 5.72. The lowest BCUT2D eigenvalue weighted by atomic mass is 10.4. The summed E-state index contributed by atoms with van der Waals surface area (Å²) in [6.45, 7) is 1.93. The summed E-state index contributed by atoms with van der Waals surface area (Å²) in [7, 11) is 0. The normalized spacial score (nSPS) is 14.1. The second kappa shape index (κ2) is 4.42. The van der Waals surface area contributed by atoms with Crippen LogP contribution in [0.1, 0.15) is 11.9 Å². The number of allylic oxidation sites excluding steroid dienone is 1. The first kappa shape index (κ1) is 9.48. The van der Waals surface area contributed by atoms with Gasteiger partial charge in [0, 0.05) is 5.38 Å². The lowest BCUT2D eigenvalue weighted by Gasteiger charge is -1.87. The van der Waals surface area contributed by atoms with E-state index in [1.54, 1.807) is 11.3 Å². The van der Waals surface area contributed by atoms with Gasteiger partial charge in [0.2, 0.25) is 0 Å². The predicted molar refractivity (Wildman–Crippen MR) is 59.2 cm³/mol. The van der Waals surface area contributed by atoms with Gasteiger partial charge >= 0.3 is 0 Å². The molecule has 60 valence electrons. The highest BCUT2D eigenvalue weighted by molar-refractivity contribution is 14.1. The van der Waals surface area contributed by atoms with E-state index in [4.69, 9.17) is 11.6 Å². The van der Waals surface area contributed by atoms with E-state index in [2.05, 4.69) is 27.6 Å². The molecule has 0 bridgehead atoms. The maximum Gasteiger partial charge on any atom is 0.116 e. The van der Waals surface area contributed by atoms with E-state index in [0.29, 0.717) is 0 Å². The molecule has 0 spiro atoms. The molecule has 0 saturated heterocycles. The Morgan fingerprint density at radius 3 is 3.00 bits per heavy atom. The van der Waals surface area contributed by atoms with Gasteiger partial charge in [-0.2, -0.15) is 0 Å². The summed E-state index contributed by atoms with van der Waals surface area (Å²) in [5.74, 6) is 0. The number of alkyl halides is 1. The van der Waals surface area contributed by atoms with Crippen molar-refractivity contribution in [2.75, 3.05) is 0 Å². The molecule has 0 N–H and O–H groups in total. The number of halogens is 2. The molecule has 4 heteroatoms. The van der Waals surface area contributed by atoms with Crippen LogP contribution in [0, 0.1) is 2.88 Å². The van der Waals surface area contributed by atoms with E-state index in [1.165, 1.54) is 2.88 Å². The van der Waals surface area contributed by atoms with Crippen LogP contribution in [0.2, 0.25) is 0 Å². The summed E-state index contributed by atoms with van der Waals surface area (Å²) in [5, 5.41) is 1.10. The fourth-order valence-corrected chi connectivity index (χ4v) is 2.00. The largest absolute Gasteiger partial charge is 0.244 e. The van der Waals surface area contributed by atoms with Gasteiger partial charge in [0.1, 0.15) is 5.01 Å². The molecule has 0 aliphatic carbocycles. The molecule has 1 aromatic heterocycles. The van der Waals surface area contributed by atoms with Crippen molar-refractivity contribution in [1.29, 1.82) is 0 Å². The molecule has 0 aromatic carbocycles. The zero-order valence-corrected chi connectivity index (χ0v) is 9.65. The molecule has 0 radical (unpaired) electrons. The van der Waals surface area contributed by atoms with Crippen molar-refractivity contribution in [2.24, 2.45) is 0 Å². The Bertz CT molecular complexity index is 257. The fraction of sp³-hybridized carbons (Fsp3) is 0.286. The molecule has 11 heavy (non-hydrogen) atoms. The molecule has 1 nitrogen and oxygen atoms in total. The van der Waals surface area contributed by atoms with E-state index in [1.807, 2.05) is 25.3 Å². The number of nitrogens with zero attached hydrogens (tertiary/aromatic N) is 1.